The van der Waals surface area contributed by atoms with E-state index in [1.807, 2.05) is 6.92 Å². The minimum atomic E-state index is 0.410. The van der Waals surface area contributed by atoms with E-state index >= 15 is 0 Å². The van der Waals surface area contributed by atoms with Crippen molar-refractivity contribution in [3.8, 4) is 0 Å². The Morgan fingerprint density at radius 3 is 2.46 bits per heavy atom. The Labute approximate surface area is 80.3 Å². The van der Waals surface area contributed by atoms with Gasteiger partial charge >= 0.3 is 0 Å². The summed E-state index contributed by atoms with van der Waals surface area (Å²) < 4.78 is 0. The van der Waals surface area contributed by atoms with Crippen LogP contribution in [0.1, 0.15) is 39.0 Å². The molecule has 0 heterocycles. The molecule has 2 nitrogen and oxygen atoms in total. The largest absolute Gasteiger partial charge is 0.298 e. The molecule has 2 aliphatic rings. The summed E-state index contributed by atoms with van der Waals surface area (Å²) in [7, 11) is 0. The maximum atomic E-state index is 11.3. The molecule has 2 fully saturated rings. The minimum Gasteiger partial charge on any atom is -0.298 e. The summed E-state index contributed by atoms with van der Waals surface area (Å²) in [5.74, 6) is 1.33. The van der Waals surface area contributed by atoms with Gasteiger partial charge < -0.3 is 0 Å². The lowest BCUT2D eigenvalue weighted by Gasteiger charge is -2.20. The summed E-state index contributed by atoms with van der Waals surface area (Å²) in [6.45, 7) is 3.87. The van der Waals surface area contributed by atoms with Gasteiger partial charge in [-0.15, -0.1) is 0 Å². The molecule has 2 saturated carbocycles. The van der Waals surface area contributed by atoms with Crippen LogP contribution in [-0.2, 0) is 4.79 Å². The van der Waals surface area contributed by atoms with E-state index in [0.29, 0.717) is 12.2 Å². The Hall–Kier alpha value is -0.370. The molecule has 2 rings (SSSR count). The molecule has 0 amide bonds. The number of carbonyl (C=O) groups excluding carboxylic acids is 1. The average Bonchev–Trinajstić information content (AvgIpc) is 2.96. The number of nitrogens with zero attached hydrogens (tertiary/aromatic N) is 1. The van der Waals surface area contributed by atoms with Crippen molar-refractivity contribution in [2.24, 2.45) is 5.92 Å². The van der Waals surface area contributed by atoms with Crippen molar-refractivity contribution in [1.29, 1.82) is 0 Å². The van der Waals surface area contributed by atoms with Crippen molar-refractivity contribution in [2.75, 3.05) is 13.1 Å². The molecule has 0 aromatic rings. The molecule has 0 unspecified atom stereocenters. The molecule has 0 radical (unpaired) electrons. The first kappa shape index (κ1) is 9.20. The molecule has 2 heteroatoms. The quantitative estimate of drug-likeness (QED) is 0.623. The molecule has 0 aromatic carbocycles. The van der Waals surface area contributed by atoms with Crippen molar-refractivity contribution in [2.45, 2.75) is 45.1 Å². The zero-order chi connectivity index (χ0) is 9.26. The van der Waals surface area contributed by atoms with Gasteiger partial charge in [-0.2, -0.15) is 0 Å². The third-order valence-electron chi connectivity index (χ3n) is 3.03. The van der Waals surface area contributed by atoms with Gasteiger partial charge in [-0.25, -0.2) is 0 Å². The number of Topliss-reactive ketones (excluding diaryl/α,β-unsaturated/α-hetero) is 1. The molecule has 0 aliphatic heterocycles. The van der Waals surface area contributed by atoms with Crippen LogP contribution in [0.3, 0.4) is 0 Å². The normalized spacial score (nSPS) is 22.3. The van der Waals surface area contributed by atoms with E-state index in [4.69, 9.17) is 0 Å². The van der Waals surface area contributed by atoms with Crippen LogP contribution in [0, 0.1) is 5.92 Å². The van der Waals surface area contributed by atoms with Crippen LogP contribution in [0.15, 0.2) is 0 Å². The second-order valence-corrected chi connectivity index (χ2v) is 4.50. The van der Waals surface area contributed by atoms with Gasteiger partial charge in [0, 0.05) is 19.0 Å². The molecule has 74 valence electrons. The van der Waals surface area contributed by atoms with Crippen LogP contribution in [0.2, 0.25) is 0 Å². The van der Waals surface area contributed by atoms with Crippen molar-refractivity contribution >= 4 is 5.78 Å². The molecule has 0 saturated heterocycles. The Kier molecular flexibility index (Phi) is 2.68. The predicted octanol–water partition coefficient (Wildman–Crippen LogP) is 1.84. The summed E-state index contributed by atoms with van der Waals surface area (Å²) in [6, 6.07) is 0.760. The number of hydrogen-bond donors (Lipinski definition) is 0. The summed E-state index contributed by atoms with van der Waals surface area (Å²) in [6.07, 6.45) is 6.13. The molecule has 0 N–H and O–H groups in total. The lowest BCUT2D eigenvalue weighted by Crippen LogP contribution is -2.33. The van der Waals surface area contributed by atoms with E-state index in [1.165, 1.54) is 32.2 Å². The molecule has 0 bridgehead atoms. The van der Waals surface area contributed by atoms with Gasteiger partial charge in [0.25, 0.3) is 0 Å². The first-order chi connectivity index (χ1) is 6.29. The SMILES string of the molecule is CCC(=O)CN(CC1CC1)C1CC1. The standard InChI is InChI=1S/C11H19NO/c1-2-11(13)8-12(10-5-6-10)7-9-3-4-9/h9-10H,2-8H2,1H3. The van der Waals surface area contributed by atoms with E-state index in [2.05, 4.69) is 4.90 Å². The van der Waals surface area contributed by atoms with Crippen LogP contribution in [0.5, 0.6) is 0 Å². The third-order valence-corrected chi connectivity index (χ3v) is 3.03. The van der Waals surface area contributed by atoms with Crippen molar-refractivity contribution in [3.63, 3.8) is 0 Å². The third kappa shape index (κ3) is 2.80. The summed E-state index contributed by atoms with van der Waals surface area (Å²) >= 11 is 0. The van der Waals surface area contributed by atoms with E-state index in [1.54, 1.807) is 0 Å². The number of ketones is 1. The van der Waals surface area contributed by atoms with Crippen molar-refractivity contribution in [3.05, 3.63) is 0 Å². The fraction of sp³-hybridized carbons (Fsp3) is 0.909. The molecule has 2 aliphatic carbocycles. The highest BCUT2D eigenvalue weighted by atomic mass is 16.1. The van der Waals surface area contributed by atoms with Crippen LogP contribution < -0.4 is 0 Å². The van der Waals surface area contributed by atoms with Gasteiger partial charge in [0.15, 0.2) is 0 Å². The Morgan fingerprint density at radius 1 is 1.31 bits per heavy atom. The molecule has 13 heavy (non-hydrogen) atoms. The lowest BCUT2D eigenvalue weighted by molar-refractivity contribution is -0.120. The second kappa shape index (κ2) is 3.79. The van der Waals surface area contributed by atoms with Gasteiger partial charge in [-0.3, -0.25) is 9.69 Å². The van der Waals surface area contributed by atoms with Crippen molar-refractivity contribution < 1.29 is 4.79 Å². The Balaban J connectivity index is 1.77. The number of rotatable bonds is 6. The van der Waals surface area contributed by atoms with Crippen LogP contribution in [0.4, 0.5) is 0 Å². The van der Waals surface area contributed by atoms with Crippen LogP contribution in [-0.4, -0.2) is 29.8 Å². The zero-order valence-corrected chi connectivity index (χ0v) is 8.46. The van der Waals surface area contributed by atoms with Gasteiger partial charge in [0.2, 0.25) is 0 Å². The fourth-order valence-electron chi connectivity index (χ4n) is 1.75. The summed E-state index contributed by atoms with van der Waals surface area (Å²) in [4.78, 5) is 13.7. The highest BCUT2D eigenvalue weighted by Crippen LogP contribution is 2.34. The van der Waals surface area contributed by atoms with Gasteiger partial charge in [-0.1, -0.05) is 6.92 Å². The predicted molar refractivity (Wildman–Crippen MR) is 52.6 cm³/mol. The molecule has 0 spiro atoms. The molecule has 0 aromatic heterocycles. The Bertz CT molecular complexity index is 194. The van der Waals surface area contributed by atoms with Gasteiger partial charge in [0.05, 0.1) is 6.54 Å². The molecular weight excluding hydrogens is 162 g/mol. The smallest absolute Gasteiger partial charge is 0.146 e. The van der Waals surface area contributed by atoms with Gasteiger partial charge in [0.1, 0.15) is 5.78 Å². The fourth-order valence-corrected chi connectivity index (χ4v) is 1.75. The highest BCUT2D eigenvalue weighted by Gasteiger charge is 2.34. The number of carbonyl (C=O) groups is 1. The minimum absolute atomic E-state index is 0.410. The van der Waals surface area contributed by atoms with E-state index in [9.17, 15) is 4.79 Å². The molecule has 0 atom stereocenters. The van der Waals surface area contributed by atoms with Crippen LogP contribution >= 0.6 is 0 Å². The van der Waals surface area contributed by atoms with Gasteiger partial charge in [-0.05, 0) is 31.6 Å². The summed E-state index contributed by atoms with van der Waals surface area (Å²) in [5, 5.41) is 0. The average molecular weight is 181 g/mol. The zero-order valence-electron chi connectivity index (χ0n) is 8.46. The maximum absolute atomic E-state index is 11.3. The topological polar surface area (TPSA) is 20.3 Å². The lowest BCUT2D eigenvalue weighted by atomic mass is 10.2. The first-order valence-corrected chi connectivity index (χ1v) is 5.55. The highest BCUT2D eigenvalue weighted by molar-refractivity contribution is 5.80. The number of hydrogen-bond acceptors (Lipinski definition) is 2. The first-order valence-electron chi connectivity index (χ1n) is 5.55. The summed E-state index contributed by atoms with van der Waals surface area (Å²) in [5.41, 5.74) is 0. The van der Waals surface area contributed by atoms with E-state index in [-0.39, 0.29) is 0 Å². The molecular formula is C11H19NO. The monoisotopic (exact) mass is 181 g/mol. The van der Waals surface area contributed by atoms with Crippen molar-refractivity contribution in [1.82, 2.24) is 4.90 Å². The maximum Gasteiger partial charge on any atom is 0.146 e. The van der Waals surface area contributed by atoms with Crippen LogP contribution in [0.25, 0.3) is 0 Å². The second-order valence-electron chi connectivity index (χ2n) is 4.50. The van der Waals surface area contributed by atoms with E-state index in [0.717, 1.165) is 18.5 Å². The Morgan fingerprint density at radius 2 is 2.00 bits per heavy atom. The van der Waals surface area contributed by atoms with E-state index < -0.39 is 0 Å².